The van der Waals surface area contributed by atoms with Crippen LogP contribution in [0.5, 0.6) is 0 Å². The Bertz CT molecular complexity index is 234. The summed E-state index contributed by atoms with van der Waals surface area (Å²) in [5.74, 6) is -1.02. The van der Waals surface area contributed by atoms with Crippen LogP contribution in [0, 0.1) is 0 Å². The molecular formula is C6H7NO3S. The fourth-order valence-electron chi connectivity index (χ4n) is 0.652. The molecule has 2 N–H and O–H groups in total. The minimum absolute atomic E-state index is 0.284. The minimum atomic E-state index is -1.02. The van der Waals surface area contributed by atoms with Crippen LogP contribution in [-0.4, -0.2) is 21.2 Å². The molecule has 0 aliphatic carbocycles. The second kappa shape index (κ2) is 3.45. The van der Waals surface area contributed by atoms with Gasteiger partial charge in [-0.2, -0.15) is 0 Å². The molecule has 1 heterocycles. The van der Waals surface area contributed by atoms with Crippen LogP contribution in [0.2, 0.25) is 0 Å². The molecule has 1 aromatic heterocycles. The van der Waals surface area contributed by atoms with Crippen molar-refractivity contribution in [1.29, 1.82) is 0 Å². The summed E-state index contributed by atoms with van der Waals surface area (Å²) in [6.07, 6.45) is 0.283. The van der Waals surface area contributed by atoms with Gasteiger partial charge in [0.25, 0.3) is 0 Å². The van der Waals surface area contributed by atoms with E-state index < -0.39 is 12.1 Å². The summed E-state index contributed by atoms with van der Waals surface area (Å²) in [6.45, 7) is 0. The average molecular weight is 173 g/mol. The van der Waals surface area contributed by atoms with Gasteiger partial charge in [-0.3, -0.25) is 4.79 Å². The summed E-state index contributed by atoms with van der Waals surface area (Å²) in [5, 5.41) is 19.6. The van der Waals surface area contributed by atoms with Gasteiger partial charge in [0.1, 0.15) is 11.1 Å². The number of hydrogen-bond acceptors (Lipinski definition) is 4. The SMILES string of the molecule is O=C(O)CC(O)c1nccs1. The van der Waals surface area contributed by atoms with Gasteiger partial charge in [-0.05, 0) is 0 Å². The standard InChI is InChI=1S/C6H7NO3S/c8-4(3-5(9)10)6-7-1-2-11-6/h1-2,4,8H,3H2,(H,9,10). The third-order valence-electron chi connectivity index (χ3n) is 1.10. The predicted molar refractivity (Wildman–Crippen MR) is 39.3 cm³/mol. The maximum absolute atomic E-state index is 10.1. The van der Waals surface area contributed by atoms with E-state index in [1.165, 1.54) is 17.5 Å². The first kappa shape index (κ1) is 8.16. The molecule has 5 heteroatoms. The van der Waals surface area contributed by atoms with Gasteiger partial charge in [-0.25, -0.2) is 4.98 Å². The molecule has 0 saturated carbocycles. The highest BCUT2D eigenvalue weighted by Crippen LogP contribution is 2.17. The summed E-state index contributed by atoms with van der Waals surface area (Å²) < 4.78 is 0. The van der Waals surface area contributed by atoms with E-state index in [0.717, 1.165) is 0 Å². The maximum atomic E-state index is 10.1. The van der Waals surface area contributed by atoms with Gasteiger partial charge in [0, 0.05) is 11.6 Å². The molecule has 0 bridgehead atoms. The first-order valence-corrected chi connectivity index (χ1v) is 3.87. The van der Waals surface area contributed by atoms with E-state index in [2.05, 4.69) is 4.98 Å². The Labute approximate surface area is 67.1 Å². The normalized spacial score (nSPS) is 12.8. The van der Waals surface area contributed by atoms with Crippen LogP contribution < -0.4 is 0 Å². The van der Waals surface area contributed by atoms with Gasteiger partial charge in [0.05, 0.1) is 6.42 Å². The van der Waals surface area contributed by atoms with Gasteiger partial charge >= 0.3 is 5.97 Å². The van der Waals surface area contributed by atoms with Crippen LogP contribution in [0.25, 0.3) is 0 Å². The van der Waals surface area contributed by atoms with Crippen molar-refractivity contribution in [3.63, 3.8) is 0 Å². The number of carboxylic acid groups (broad SMARTS) is 1. The van der Waals surface area contributed by atoms with E-state index >= 15 is 0 Å². The van der Waals surface area contributed by atoms with Gasteiger partial charge < -0.3 is 10.2 Å². The predicted octanol–water partition coefficient (Wildman–Crippen LogP) is 0.651. The number of nitrogens with zero attached hydrogens (tertiary/aromatic N) is 1. The molecule has 1 atom stereocenters. The third-order valence-corrected chi connectivity index (χ3v) is 1.98. The van der Waals surface area contributed by atoms with E-state index in [1.807, 2.05) is 0 Å². The molecule has 0 amide bonds. The number of carboxylic acids is 1. The van der Waals surface area contributed by atoms with E-state index in [-0.39, 0.29) is 6.42 Å². The molecule has 0 aromatic carbocycles. The zero-order chi connectivity index (χ0) is 8.27. The van der Waals surface area contributed by atoms with Crippen molar-refractivity contribution in [1.82, 2.24) is 4.98 Å². The fourth-order valence-corrected chi connectivity index (χ4v) is 1.28. The molecule has 0 aliphatic heterocycles. The highest BCUT2D eigenvalue weighted by molar-refractivity contribution is 7.09. The number of carbonyl (C=O) groups is 1. The Morgan fingerprint density at radius 3 is 3.00 bits per heavy atom. The number of aliphatic hydroxyl groups is 1. The molecule has 1 rings (SSSR count). The van der Waals surface area contributed by atoms with Crippen molar-refractivity contribution in [2.24, 2.45) is 0 Å². The third kappa shape index (κ3) is 2.28. The van der Waals surface area contributed by atoms with E-state index in [1.54, 1.807) is 5.38 Å². The van der Waals surface area contributed by atoms with Crippen LogP contribution >= 0.6 is 11.3 Å². The molecule has 4 nitrogen and oxygen atoms in total. The van der Waals surface area contributed by atoms with Crippen LogP contribution in [0.4, 0.5) is 0 Å². The molecule has 0 saturated heterocycles. The van der Waals surface area contributed by atoms with E-state index in [4.69, 9.17) is 10.2 Å². The van der Waals surface area contributed by atoms with Crippen molar-refractivity contribution in [2.75, 3.05) is 0 Å². The molecule has 0 fully saturated rings. The van der Waals surface area contributed by atoms with Crippen molar-refractivity contribution >= 4 is 17.3 Å². The highest BCUT2D eigenvalue weighted by atomic mass is 32.1. The molecule has 1 aromatic rings. The van der Waals surface area contributed by atoms with Crippen molar-refractivity contribution < 1.29 is 15.0 Å². The van der Waals surface area contributed by atoms with Crippen LogP contribution in [-0.2, 0) is 4.79 Å². The summed E-state index contributed by atoms with van der Waals surface area (Å²) in [5.41, 5.74) is 0. The first-order chi connectivity index (χ1) is 5.20. The second-order valence-electron chi connectivity index (χ2n) is 1.98. The van der Waals surface area contributed by atoms with Crippen LogP contribution in [0.1, 0.15) is 17.5 Å². The Morgan fingerprint density at radius 2 is 2.55 bits per heavy atom. The summed E-state index contributed by atoms with van der Waals surface area (Å²) in [6, 6.07) is 0. The number of thiazole rings is 1. The lowest BCUT2D eigenvalue weighted by molar-refractivity contribution is -0.139. The van der Waals surface area contributed by atoms with Crippen molar-refractivity contribution in [3.8, 4) is 0 Å². The van der Waals surface area contributed by atoms with Gasteiger partial charge in [-0.15, -0.1) is 11.3 Å². The Balaban J connectivity index is 2.56. The first-order valence-electron chi connectivity index (χ1n) is 2.99. The number of hydrogen-bond donors (Lipinski definition) is 2. The fraction of sp³-hybridized carbons (Fsp3) is 0.333. The number of aliphatic carboxylic acids is 1. The van der Waals surface area contributed by atoms with Gasteiger partial charge in [0.15, 0.2) is 0 Å². The summed E-state index contributed by atoms with van der Waals surface area (Å²) in [7, 11) is 0. The Kier molecular flexibility index (Phi) is 2.56. The summed E-state index contributed by atoms with van der Waals surface area (Å²) >= 11 is 1.25. The number of rotatable bonds is 3. The van der Waals surface area contributed by atoms with Gasteiger partial charge in [-0.1, -0.05) is 0 Å². The van der Waals surface area contributed by atoms with Crippen LogP contribution in [0.15, 0.2) is 11.6 Å². The molecule has 0 spiro atoms. The second-order valence-corrected chi connectivity index (χ2v) is 2.91. The lowest BCUT2D eigenvalue weighted by Gasteiger charge is -2.01. The quantitative estimate of drug-likeness (QED) is 0.704. The Morgan fingerprint density at radius 1 is 1.82 bits per heavy atom. The minimum Gasteiger partial charge on any atom is -0.481 e. The average Bonchev–Trinajstić information content (AvgIpc) is 2.35. The lowest BCUT2D eigenvalue weighted by atomic mass is 10.3. The number of aromatic nitrogens is 1. The Hall–Kier alpha value is -0.940. The van der Waals surface area contributed by atoms with Gasteiger partial charge in [0.2, 0.25) is 0 Å². The topological polar surface area (TPSA) is 70.4 Å². The molecule has 60 valence electrons. The molecule has 1 unspecified atom stereocenters. The number of aliphatic hydroxyl groups excluding tert-OH is 1. The molecular weight excluding hydrogens is 166 g/mol. The van der Waals surface area contributed by atoms with E-state index in [9.17, 15) is 4.79 Å². The highest BCUT2D eigenvalue weighted by Gasteiger charge is 2.13. The zero-order valence-electron chi connectivity index (χ0n) is 5.60. The van der Waals surface area contributed by atoms with Crippen molar-refractivity contribution in [3.05, 3.63) is 16.6 Å². The maximum Gasteiger partial charge on any atom is 0.306 e. The smallest absolute Gasteiger partial charge is 0.306 e. The van der Waals surface area contributed by atoms with Crippen LogP contribution in [0.3, 0.4) is 0 Å². The van der Waals surface area contributed by atoms with E-state index in [0.29, 0.717) is 5.01 Å². The molecule has 11 heavy (non-hydrogen) atoms. The van der Waals surface area contributed by atoms with Crippen molar-refractivity contribution in [2.45, 2.75) is 12.5 Å². The molecule has 0 radical (unpaired) electrons. The summed E-state index contributed by atoms with van der Waals surface area (Å²) in [4.78, 5) is 13.9. The largest absolute Gasteiger partial charge is 0.481 e. The lowest BCUT2D eigenvalue weighted by Crippen LogP contribution is -2.04. The molecule has 0 aliphatic rings. The zero-order valence-corrected chi connectivity index (χ0v) is 6.41. The monoisotopic (exact) mass is 173 g/mol.